The number of rotatable bonds is 2. The quantitative estimate of drug-likeness (QED) is 0.866. The zero-order chi connectivity index (χ0) is 13.3. The number of nitrogens with one attached hydrogen (secondary N) is 1. The van der Waals surface area contributed by atoms with E-state index in [-0.39, 0.29) is 0 Å². The molecule has 3 nitrogen and oxygen atoms in total. The Morgan fingerprint density at radius 3 is 2.44 bits per heavy atom. The molecule has 0 unspecified atom stereocenters. The third kappa shape index (κ3) is 2.69. The van der Waals surface area contributed by atoms with Crippen molar-refractivity contribution in [1.82, 2.24) is 10.2 Å². The fraction of sp³-hybridized carbons (Fsp3) is 0.167. The van der Waals surface area contributed by atoms with Gasteiger partial charge in [-0.1, -0.05) is 34.8 Å². The average molecular weight is 303 g/mol. The van der Waals surface area contributed by atoms with Gasteiger partial charge in [0, 0.05) is 5.02 Å². The van der Waals surface area contributed by atoms with Gasteiger partial charge >= 0.3 is 0 Å². The van der Waals surface area contributed by atoms with Gasteiger partial charge in [0.05, 0.1) is 10.7 Å². The Balaban J connectivity index is 2.40. The van der Waals surface area contributed by atoms with Crippen molar-refractivity contribution in [3.63, 3.8) is 0 Å². The molecule has 0 radical (unpaired) electrons. The van der Waals surface area contributed by atoms with Gasteiger partial charge in [0.2, 0.25) is 0 Å². The van der Waals surface area contributed by atoms with Crippen molar-refractivity contribution in [3.8, 4) is 0 Å². The highest BCUT2D eigenvalue weighted by Gasteiger charge is 2.10. The Bertz CT molecular complexity index is 599. The van der Waals surface area contributed by atoms with E-state index in [0.29, 0.717) is 26.7 Å². The lowest BCUT2D eigenvalue weighted by Gasteiger charge is -2.11. The van der Waals surface area contributed by atoms with Crippen molar-refractivity contribution in [1.29, 1.82) is 0 Å². The van der Waals surface area contributed by atoms with E-state index in [0.717, 1.165) is 11.1 Å². The van der Waals surface area contributed by atoms with Crippen molar-refractivity contribution in [3.05, 3.63) is 44.5 Å². The van der Waals surface area contributed by atoms with E-state index in [2.05, 4.69) is 15.5 Å². The van der Waals surface area contributed by atoms with Crippen LogP contribution in [0.3, 0.4) is 0 Å². The van der Waals surface area contributed by atoms with Gasteiger partial charge in [-0.25, -0.2) is 0 Å². The van der Waals surface area contributed by atoms with E-state index in [1.54, 1.807) is 18.2 Å². The molecule has 0 fully saturated rings. The lowest BCUT2D eigenvalue weighted by molar-refractivity contribution is 1.00. The number of nitrogens with zero attached hydrogens (tertiary/aromatic N) is 2. The van der Waals surface area contributed by atoms with Gasteiger partial charge in [-0.3, -0.25) is 0 Å². The van der Waals surface area contributed by atoms with Gasteiger partial charge in [0.25, 0.3) is 0 Å². The number of aromatic nitrogens is 2. The molecule has 94 valence electrons. The third-order valence-corrected chi connectivity index (χ3v) is 3.57. The molecule has 0 saturated carbocycles. The summed E-state index contributed by atoms with van der Waals surface area (Å²) in [7, 11) is 0. The fourth-order valence-electron chi connectivity index (χ4n) is 1.42. The topological polar surface area (TPSA) is 37.8 Å². The highest BCUT2D eigenvalue weighted by molar-refractivity contribution is 6.35. The molecule has 0 spiro atoms. The second kappa shape index (κ2) is 5.31. The van der Waals surface area contributed by atoms with Gasteiger partial charge in [-0.15, -0.1) is 10.2 Å². The van der Waals surface area contributed by atoms with E-state index in [9.17, 15) is 0 Å². The predicted molar refractivity (Wildman–Crippen MR) is 76.3 cm³/mol. The molecule has 0 amide bonds. The first kappa shape index (κ1) is 13.4. The number of anilines is 2. The Labute approximate surface area is 120 Å². The first-order valence-corrected chi connectivity index (χ1v) is 6.34. The van der Waals surface area contributed by atoms with Crippen LogP contribution in [0.25, 0.3) is 0 Å². The van der Waals surface area contributed by atoms with E-state index in [4.69, 9.17) is 34.8 Å². The van der Waals surface area contributed by atoms with Gasteiger partial charge in [0.15, 0.2) is 11.0 Å². The molecule has 0 aliphatic heterocycles. The lowest BCUT2D eigenvalue weighted by atomic mass is 10.2. The van der Waals surface area contributed by atoms with Crippen LogP contribution < -0.4 is 5.32 Å². The van der Waals surface area contributed by atoms with Crippen LogP contribution in [0.15, 0.2) is 18.2 Å². The summed E-state index contributed by atoms with van der Waals surface area (Å²) in [5.41, 5.74) is 2.49. The zero-order valence-electron chi connectivity index (χ0n) is 9.76. The smallest absolute Gasteiger partial charge is 0.156 e. The summed E-state index contributed by atoms with van der Waals surface area (Å²) < 4.78 is 0. The van der Waals surface area contributed by atoms with Crippen LogP contribution in [-0.4, -0.2) is 10.2 Å². The average Bonchev–Trinajstić information content (AvgIpc) is 2.34. The summed E-state index contributed by atoms with van der Waals surface area (Å²) >= 11 is 17.9. The maximum atomic E-state index is 6.07. The molecular formula is C12H10Cl3N3. The van der Waals surface area contributed by atoms with Crippen LogP contribution in [-0.2, 0) is 0 Å². The van der Waals surface area contributed by atoms with Crippen molar-refractivity contribution in [2.24, 2.45) is 0 Å². The van der Waals surface area contributed by atoms with Gasteiger partial charge in [-0.2, -0.15) is 0 Å². The number of benzene rings is 1. The minimum Gasteiger partial charge on any atom is -0.337 e. The molecule has 6 heteroatoms. The summed E-state index contributed by atoms with van der Waals surface area (Å²) in [6, 6.07) is 5.17. The summed E-state index contributed by atoms with van der Waals surface area (Å²) in [5, 5.41) is 12.5. The SMILES string of the molecule is Cc1c(Cl)nnc(Nc2cc(Cl)ccc2Cl)c1C. The Hall–Kier alpha value is -1.03. The molecule has 18 heavy (non-hydrogen) atoms. The van der Waals surface area contributed by atoms with E-state index < -0.39 is 0 Å². The van der Waals surface area contributed by atoms with Crippen LogP contribution >= 0.6 is 34.8 Å². The standard InChI is InChI=1S/C12H10Cl3N3/c1-6-7(2)12(18-17-11(6)15)16-10-5-8(13)3-4-9(10)14/h3-5H,1-2H3,(H,16,18). The lowest BCUT2D eigenvalue weighted by Crippen LogP contribution is -2.01. The molecule has 1 aromatic heterocycles. The minimum absolute atomic E-state index is 0.398. The maximum absolute atomic E-state index is 6.07. The zero-order valence-corrected chi connectivity index (χ0v) is 12.0. The normalized spacial score (nSPS) is 10.5. The molecule has 2 aromatic rings. The molecule has 1 aromatic carbocycles. The van der Waals surface area contributed by atoms with Crippen molar-refractivity contribution >= 4 is 46.3 Å². The molecule has 0 atom stereocenters. The molecule has 0 aliphatic carbocycles. The van der Waals surface area contributed by atoms with Gasteiger partial charge in [-0.05, 0) is 43.2 Å². The molecule has 0 saturated heterocycles. The minimum atomic E-state index is 0.398. The third-order valence-electron chi connectivity index (χ3n) is 2.65. The fourth-order valence-corrected chi connectivity index (χ4v) is 1.93. The highest BCUT2D eigenvalue weighted by atomic mass is 35.5. The molecule has 1 heterocycles. The van der Waals surface area contributed by atoms with E-state index >= 15 is 0 Å². The van der Waals surface area contributed by atoms with Crippen LogP contribution in [0.1, 0.15) is 11.1 Å². The van der Waals surface area contributed by atoms with Crippen molar-refractivity contribution < 1.29 is 0 Å². The van der Waals surface area contributed by atoms with Crippen molar-refractivity contribution in [2.45, 2.75) is 13.8 Å². The first-order valence-electron chi connectivity index (χ1n) is 5.20. The molecular weight excluding hydrogens is 293 g/mol. The second-order valence-electron chi connectivity index (χ2n) is 3.84. The Kier molecular flexibility index (Phi) is 3.95. The summed E-state index contributed by atoms with van der Waals surface area (Å²) in [6.07, 6.45) is 0. The van der Waals surface area contributed by atoms with Crippen LogP contribution in [0, 0.1) is 13.8 Å². The van der Waals surface area contributed by atoms with Crippen LogP contribution in [0.4, 0.5) is 11.5 Å². The molecule has 2 rings (SSSR count). The first-order chi connectivity index (χ1) is 8.49. The van der Waals surface area contributed by atoms with Gasteiger partial charge < -0.3 is 5.32 Å². The molecule has 1 N–H and O–H groups in total. The van der Waals surface area contributed by atoms with Crippen LogP contribution in [0.5, 0.6) is 0 Å². The highest BCUT2D eigenvalue weighted by Crippen LogP contribution is 2.30. The van der Waals surface area contributed by atoms with E-state index in [1.807, 2.05) is 13.8 Å². The number of halogens is 3. The number of hydrogen-bond acceptors (Lipinski definition) is 3. The van der Waals surface area contributed by atoms with E-state index in [1.165, 1.54) is 0 Å². The van der Waals surface area contributed by atoms with Crippen LogP contribution in [0.2, 0.25) is 15.2 Å². The molecule has 0 aliphatic rings. The monoisotopic (exact) mass is 301 g/mol. The van der Waals surface area contributed by atoms with Gasteiger partial charge in [0.1, 0.15) is 0 Å². The Morgan fingerprint density at radius 2 is 1.72 bits per heavy atom. The second-order valence-corrected chi connectivity index (χ2v) is 5.04. The Morgan fingerprint density at radius 1 is 1.00 bits per heavy atom. The summed E-state index contributed by atoms with van der Waals surface area (Å²) in [4.78, 5) is 0. The molecule has 0 bridgehead atoms. The maximum Gasteiger partial charge on any atom is 0.156 e. The number of hydrogen-bond donors (Lipinski definition) is 1. The summed E-state index contributed by atoms with van der Waals surface area (Å²) in [6.45, 7) is 3.80. The predicted octanol–water partition coefficient (Wildman–Crippen LogP) is 4.80. The largest absolute Gasteiger partial charge is 0.337 e. The van der Waals surface area contributed by atoms with Crippen molar-refractivity contribution in [2.75, 3.05) is 5.32 Å². The summed E-state index contributed by atoms with van der Waals surface area (Å²) in [5.74, 6) is 0.612.